The van der Waals surface area contributed by atoms with Gasteiger partial charge in [0.2, 0.25) is 0 Å². The van der Waals surface area contributed by atoms with Gasteiger partial charge in [0.25, 0.3) is 0 Å². The van der Waals surface area contributed by atoms with Crippen molar-refractivity contribution in [3.05, 3.63) is 35.4 Å². The van der Waals surface area contributed by atoms with Crippen molar-refractivity contribution in [2.24, 2.45) is 0 Å². The van der Waals surface area contributed by atoms with Crippen molar-refractivity contribution >= 4 is 0 Å². The highest BCUT2D eigenvalue weighted by atomic mass is 16.3. The zero-order valence-corrected chi connectivity index (χ0v) is 10.3. The second-order valence-corrected chi connectivity index (χ2v) is 4.75. The summed E-state index contributed by atoms with van der Waals surface area (Å²) in [6, 6.07) is 3.62. The number of hydrogen-bond acceptors (Lipinski definition) is 2. The predicted octanol–water partition coefficient (Wildman–Crippen LogP) is 3.87. The molecule has 1 aliphatic rings. The molecule has 1 atom stereocenters. The molecule has 0 heterocycles. The van der Waals surface area contributed by atoms with Gasteiger partial charge in [-0.05, 0) is 43.4 Å². The molecule has 0 radical (unpaired) electrons. The summed E-state index contributed by atoms with van der Waals surface area (Å²) in [5, 5.41) is 20.0. The van der Waals surface area contributed by atoms with Crippen molar-refractivity contribution < 1.29 is 10.2 Å². The molecular weight excluding hydrogens is 212 g/mol. The van der Waals surface area contributed by atoms with Gasteiger partial charge in [0.1, 0.15) is 11.5 Å². The minimum absolute atomic E-state index is 0.244. The number of hydrogen-bond donors (Lipinski definition) is 2. The van der Waals surface area contributed by atoms with Crippen molar-refractivity contribution in [3.63, 3.8) is 0 Å². The smallest absolute Gasteiger partial charge is 0.122 e. The van der Waals surface area contributed by atoms with E-state index in [0.717, 1.165) is 37.7 Å². The number of phenolic OH excluding ortho intramolecular Hbond substituents is 2. The summed E-state index contributed by atoms with van der Waals surface area (Å²) >= 11 is 0. The summed E-state index contributed by atoms with van der Waals surface area (Å²) in [4.78, 5) is 0. The molecule has 2 N–H and O–H groups in total. The third kappa shape index (κ3) is 2.63. The van der Waals surface area contributed by atoms with E-state index in [0.29, 0.717) is 11.5 Å². The van der Waals surface area contributed by atoms with Crippen molar-refractivity contribution in [1.29, 1.82) is 0 Å². The Kier molecular flexibility index (Phi) is 3.72. The summed E-state index contributed by atoms with van der Waals surface area (Å²) in [7, 11) is 0. The van der Waals surface area contributed by atoms with Crippen LogP contribution in [-0.2, 0) is 6.42 Å². The fourth-order valence-corrected chi connectivity index (χ4v) is 2.40. The third-order valence-electron chi connectivity index (χ3n) is 3.45. The van der Waals surface area contributed by atoms with Gasteiger partial charge in [-0.25, -0.2) is 0 Å². The molecule has 1 unspecified atom stereocenters. The van der Waals surface area contributed by atoms with Crippen LogP contribution in [0.1, 0.15) is 49.7 Å². The van der Waals surface area contributed by atoms with Crippen molar-refractivity contribution in [1.82, 2.24) is 0 Å². The van der Waals surface area contributed by atoms with E-state index >= 15 is 0 Å². The van der Waals surface area contributed by atoms with Gasteiger partial charge in [0, 0.05) is 11.5 Å². The van der Waals surface area contributed by atoms with Gasteiger partial charge in [0.15, 0.2) is 0 Å². The van der Waals surface area contributed by atoms with E-state index in [1.165, 1.54) is 0 Å². The summed E-state index contributed by atoms with van der Waals surface area (Å²) in [5.41, 5.74) is 1.71. The van der Waals surface area contributed by atoms with Gasteiger partial charge >= 0.3 is 0 Å². The average Bonchev–Trinajstić information content (AvgIpc) is 2.81. The number of allylic oxidation sites excluding steroid dienone is 2. The molecule has 2 rings (SSSR count). The van der Waals surface area contributed by atoms with Crippen LogP contribution in [-0.4, -0.2) is 10.2 Å². The van der Waals surface area contributed by atoms with Gasteiger partial charge in [-0.2, -0.15) is 0 Å². The molecular formula is C15H20O2. The van der Waals surface area contributed by atoms with Crippen LogP contribution >= 0.6 is 0 Å². The van der Waals surface area contributed by atoms with E-state index < -0.39 is 0 Å². The van der Waals surface area contributed by atoms with Gasteiger partial charge in [-0.15, -0.1) is 0 Å². The second-order valence-electron chi connectivity index (χ2n) is 4.75. The molecule has 1 aromatic carbocycles. The third-order valence-corrected chi connectivity index (χ3v) is 3.45. The first-order valence-electron chi connectivity index (χ1n) is 6.43. The molecule has 92 valence electrons. The normalized spacial score (nSPS) is 18.8. The fourth-order valence-electron chi connectivity index (χ4n) is 2.40. The van der Waals surface area contributed by atoms with Crippen LogP contribution in [0.15, 0.2) is 24.3 Å². The van der Waals surface area contributed by atoms with Crippen LogP contribution in [0.5, 0.6) is 11.5 Å². The minimum Gasteiger partial charge on any atom is -0.508 e. The SMILES string of the molecule is CCCCc1c(O)cc(C2C=CCC2)cc1O. The Balaban J connectivity index is 2.24. The molecule has 1 aliphatic carbocycles. The van der Waals surface area contributed by atoms with E-state index in [1.807, 2.05) is 12.1 Å². The summed E-state index contributed by atoms with van der Waals surface area (Å²) in [6.45, 7) is 2.10. The minimum atomic E-state index is 0.244. The van der Waals surface area contributed by atoms with E-state index in [4.69, 9.17) is 0 Å². The lowest BCUT2D eigenvalue weighted by Gasteiger charge is -2.13. The number of phenols is 2. The van der Waals surface area contributed by atoms with Gasteiger partial charge in [0.05, 0.1) is 0 Å². The molecule has 0 spiro atoms. The maximum atomic E-state index is 9.98. The molecule has 0 saturated heterocycles. The van der Waals surface area contributed by atoms with Crippen molar-refractivity contribution in [2.45, 2.75) is 44.9 Å². The number of benzene rings is 1. The predicted molar refractivity (Wildman–Crippen MR) is 69.5 cm³/mol. The molecule has 0 fully saturated rings. The Bertz CT molecular complexity index is 398. The second kappa shape index (κ2) is 5.26. The molecule has 2 nitrogen and oxygen atoms in total. The van der Waals surface area contributed by atoms with E-state index in [-0.39, 0.29) is 11.5 Å². The summed E-state index contributed by atoms with van der Waals surface area (Å²) in [5.74, 6) is 0.842. The quantitative estimate of drug-likeness (QED) is 0.773. The van der Waals surface area contributed by atoms with E-state index in [9.17, 15) is 10.2 Å². The molecule has 0 amide bonds. The van der Waals surface area contributed by atoms with Gasteiger partial charge in [-0.1, -0.05) is 25.5 Å². The zero-order valence-electron chi connectivity index (χ0n) is 10.3. The van der Waals surface area contributed by atoms with Crippen LogP contribution in [0, 0.1) is 0 Å². The lowest BCUT2D eigenvalue weighted by Crippen LogP contribution is -1.94. The molecule has 0 aliphatic heterocycles. The molecule has 0 saturated carbocycles. The molecule has 1 aromatic rings. The van der Waals surface area contributed by atoms with E-state index in [2.05, 4.69) is 19.1 Å². The van der Waals surface area contributed by atoms with Crippen LogP contribution in [0.3, 0.4) is 0 Å². The van der Waals surface area contributed by atoms with Crippen LogP contribution in [0.25, 0.3) is 0 Å². The first-order valence-corrected chi connectivity index (χ1v) is 6.43. The fraction of sp³-hybridized carbons (Fsp3) is 0.467. The standard InChI is InChI=1S/C15H20O2/c1-2-3-8-13-14(16)9-12(10-15(13)17)11-6-4-5-7-11/h4,6,9-11,16-17H,2-3,5,7-8H2,1H3. The first-order chi connectivity index (χ1) is 8.22. The maximum Gasteiger partial charge on any atom is 0.122 e. The van der Waals surface area contributed by atoms with Crippen LogP contribution in [0.2, 0.25) is 0 Å². The monoisotopic (exact) mass is 232 g/mol. The zero-order chi connectivity index (χ0) is 12.3. The lowest BCUT2D eigenvalue weighted by molar-refractivity contribution is 0.435. The number of rotatable bonds is 4. The van der Waals surface area contributed by atoms with Gasteiger partial charge in [-0.3, -0.25) is 0 Å². The molecule has 17 heavy (non-hydrogen) atoms. The maximum absolute atomic E-state index is 9.98. The van der Waals surface area contributed by atoms with Crippen molar-refractivity contribution in [2.75, 3.05) is 0 Å². The number of aromatic hydroxyl groups is 2. The largest absolute Gasteiger partial charge is 0.508 e. The first kappa shape index (κ1) is 12.0. The van der Waals surface area contributed by atoms with Crippen molar-refractivity contribution in [3.8, 4) is 11.5 Å². The lowest BCUT2D eigenvalue weighted by atomic mass is 9.95. The summed E-state index contributed by atoms with van der Waals surface area (Å²) in [6.07, 6.45) is 9.27. The highest BCUT2D eigenvalue weighted by Crippen LogP contribution is 2.36. The van der Waals surface area contributed by atoms with E-state index in [1.54, 1.807) is 0 Å². The molecule has 0 aromatic heterocycles. The van der Waals surface area contributed by atoms with Gasteiger partial charge < -0.3 is 10.2 Å². The molecule has 0 bridgehead atoms. The Morgan fingerprint density at radius 1 is 1.24 bits per heavy atom. The van der Waals surface area contributed by atoms with Crippen LogP contribution < -0.4 is 0 Å². The Hall–Kier alpha value is -1.44. The number of unbranched alkanes of at least 4 members (excludes halogenated alkanes) is 1. The topological polar surface area (TPSA) is 40.5 Å². The highest BCUT2D eigenvalue weighted by molar-refractivity contribution is 5.48. The molecule has 2 heteroatoms. The Labute approximate surface area is 103 Å². The Morgan fingerprint density at radius 3 is 2.47 bits per heavy atom. The highest BCUT2D eigenvalue weighted by Gasteiger charge is 2.16. The Morgan fingerprint density at radius 2 is 1.94 bits per heavy atom. The van der Waals surface area contributed by atoms with Crippen LogP contribution in [0.4, 0.5) is 0 Å². The summed E-state index contributed by atoms with van der Waals surface area (Å²) < 4.78 is 0. The average molecular weight is 232 g/mol.